The molecule has 0 aliphatic rings. The lowest BCUT2D eigenvalue weighted by atomic mass is 10.00. The maximum Gasteiger partial charge on any atom is 0.417 e. The first kappa shape index (κ1) is 20.7. The van der Waals surface area contributed by atoms with Crippen molar-refractivity contribution >= 4 is 5.97 Å². The minimum atomic E-state index is -4.59. The minimum Gasteiger partial charge on any atom is -0.478 e. The fourth-order valence-electron chi connectivity index (χ4n) is 3.49. The standard InChI is InChI=1S/C22H20F3NO3/c1-14-18(21(28)29)13-26(12-16(27)11-15-7-3-2-4-8-15)20(14)17-9-5-6-10-19(17)22(23,24)25/h2-10,13,16,27H,11-12H2,1H3,(H,28,29). The summed E-state index contributed by atoms with van der Waals surface area (Å²) in [6, 6.07) is 14.2. The van der Waals surface area contributed by atoms with Crippen LogP contribution in [0.3, 0.4) is 0 Å². The third-order valence-electron chi connectivity index (χ3n) is 4.77. The maximum absolute atomic E-state index is 13.5. The van der Waals surface area contributed by atoms with Crippen molar-refractivity contribution < 1.29 is 28.2 Å². The number of hydrogen-bond acceptors (Lipinski definition) is 2. The van der Waals surface area contributed by atoms with Gasteiger partial charge in [0.05, 0.1) is 22.9 Å². The number of carbonyl (C=O) groups is 1. The lowest BCUT2D eigenvalue weighted by molar-refractivity contribution is -0.137. The van der Waals surface area contributed by atoms with Gasteiger partial charge in [-0.15, -0.1) is 0 Å². The first-order valence-corrected chi connectivity index (χ1v) is 9.00. The highest BCUT2D eigenvalue weighted by atomic mass is 19.4. The van der Waals surface area contributed by atoms with Crippen LogP contribution in [0, 0.1) is 6.92 Å². The van der Waals surface area contributed by atoms with Crippen molar-refractivity contribution in [3.05, 3.63) is 83.0 Å². The van der Waals surface area contributed by atoms with Gasteiger partial charge in [-0.2, -0.15) is 13.2 Å². The number of aliphatic hydroxyl groups is 1. The summed E-state index contributed by atoms with van der Waals surface area (Å²) in [5.41, 5.74) is 0.181. The van der Waals surface area contributed by atoms with Crippen molar-refractivity contribution in [2.75, 3.05) is 0 Å². The van der Waals surface area contributed by atoms with Crippen LogP contribution in [-0.4, -0.2) is 26.9 Å². The van der Waals surface area contributed by atoms with E-state index in [1.54, 1.807) is 0 Å². The number of aromatic nitrogens is 1. The maximum atomic E-state index is 13.5. The molecular formula is C22H20F3NO3. The average Bonchev–Trinajstić information content (AvgIpc) is 2.97. The Labute approximate surface area is 165 Å². The van der Waals surface area contributed by atoms with Crippen molar-refractivity contribution in [1.82, 2.24) is 4.57 Å². The molecule has 0 aliphatic carbocycles. The van der Waals surface area contributed by atoms with Crippen molar-refractivity contribution in [2.24, 2.45) is 0 Å². The summed E-state index contributed by atoms with van der Waals surface area (Å²) in [5, 5.41) is 20.0. The lowest BCUT2D eigenvalue weighted by Crippen LogP contribution is -2.19. The number of carboxylic acids is 1. The molecule has 0 radical (unpaired) electrons. The molecule has 3 aromatic rings. The van der Waals surface area contributed by atoms with Gasteiger partial charge in [0.15, 0.2) is 0 Å². The molecule has 0 fully saturated rings. The van der Waals surface area contributed by atoms with E-state index in [9.17, 15) is 28.2 Å². The van der Waals surface area contributed by atoms with E-state index in [1.165, 1.54) is 35.9 Å². The van der Waals surface area contributed by atoms with Gasteiger partial charge in [0, 0.05) is 24.7 Å². The van der Waals surface area contributed by atoms with Crippen molar-refractivity contribution in [2.45, 2.75) is 32.2 Å². The van der Waals surface area contributed by atoms with E-state index in [1.807, 2.05) is 30.3 Å². The average molecular weight is 403 g/mol. The van der Waals surface area contributed by atoms with Crippen molar-refractivity contribution in [1.29, 1.82) is 0 Å². The third-order valence-corrected chi connectivity index (χ3v) is 4.77. The van der Waals surface area contributed by atoms with Gasteiger partial charge in [-0.05, 0) is 24.1 Å². The van der Waals surface area contributed by atoms with Crippen LogP contribution in [0.25, 0.3) is 11.3 Å². The molecule has 0 amide bonds. The Balaban J connectivity index is 2.05. The zero-order valence-corrected chi connectivity index (χ0v) is 15.6. The second-order valence-electron chi connectivity index (χ2n) is 6.86. The van der Waals surface area contributed by atoms with Crippen molar-refractivity contribution in [3.63, 3.8) is 0 Å². The van der Waals surface area contributed by atoms with E-state index in [4.69, 9.17) is 0 Å². The largest absolute Gasteiger partial charge is 0.478 e. The molecule has 4 nitrogen and oxygen atoms in total. The first-order chi connectivity index (χ1) is 13.7. The summed E-state index contributed by atoms with van der Waals surface area (Å²) in [7, 11) is 0. The number of rotatable bonds is 6. The summed E-state index contributed by atoms with van der Waals surface area (Å²) in [4.78, 5) is 11.6. The Morgan fingerprint density at radius 1 is 1.07 bits per heavy atom. The van der Waals surface area contributed by atoms with E-state index in [-0.39, 0.29) is 28.9 Å². The van der Waals surface area contributed by atoms with Crippen LogP contribution in [-0.2, 0) is 19.1 Å². The smallest absolute Gasteiger partial charge is 0.417 e. The summed E-state index contributed by atoms with van der Waals surface area (Å²) in [5.74, 6) is -1.23. The van der Waals surface area contributed by atoms with Crippen LogP contribution in [0.5, 0.6) is 0 Å². The molecule has 2 aromatic carbocycles. The molecule has 152 valence electrons. The van der Waals surface area contributed by atoms with Gasteiger partial charge < -0.3 is 14.8 Å². The zero-order chi connectivity index (χ0) is 21.2. The predicted molar refractivity (Wildman–Crippen MR) is 103 cm³/mol. The molecule has 29 heavy (non-hydrogen) atoms. The van der Waals surface area contributed by atoms with Gasteiger partial charge in [0.2, 0.25) is 0 Å². The monoisotopic (exact) mass is 403 g/mol. The number of aromatic carboxylic acids is 1. The lowest BCUT2D eigenvalue weighted by Gasteiger charge is -2.18. The Hall–Kier alpha value is -3.06. The van der Waals surface area contributed by atoms with Crippen LogP contribution in [0.15, 0.2) is 60.8 Å². The highest BCUT2D eigenvalue weighted by Gasteiger charge is 2.35. The molecule has 1 atom stereocenters. The third kappa shape index (κ3) is 4.51. The van der Waals surface area contributed by atoms with E-state index < -0.39 is 23.8 Å². The van der Waals surface area contributed by atoms with E-state index in [0.717, 1.165) is 11.6 Å². The number of hydrogen-bond donors (Lipinski definition) is 2. The zero-order valence-electron chi connectivity index (χ0n) is 15.6. The Kier molecular flexibility index (Phi) is 5.79. The fraction of sp³-hybridized carbons (Fsp3) is 0.227. The van der Waals surface area contributed by atoms with Gasteiger partial charge in [-0.25, -0.2) is 4.79 Å². The molecule has 1 aromatic heterocycles. The summed E-state index contributed by atoms with van der Waals surface area (Å²) in [6.07, 6.45) is -3.91. The predicted octanol–water partition coefficient (Wildman–Crippen LogP) is 4.78. The number of halogens is 3. The van der Waals surface area contributed by atoms with Crippen LogP contribution < -0.4 is 0 Å². The van der Waals surface area contributed by atoms with E-state index >= 15 is 0 Å². The van der Waals surface area contributed by atoms with Crippen LogP contribution in [0.4, 0.5) is 13.2 Å². The quantitative estimate of drug-likeness (QED) is 0.622. The summed E-state index contributed by atoms with van der Waals surface area (Å²) < 4.78 is 42.0. The van der Waals surface area contributed by atoms with Crippen molar-refractivity contribution in [3.8, 4) is 11.3 Å². The minimum absolute atomic E-state index is 0.0372. The molecule has 1 heterocycles. The fourth-order valence-corrected chi connectivity index (χ4v) is 3.49. The molecule has 0 aliphatic heterocycles. The molecule has 0 spiro atoms. The molecule has 7 heteroatoms. The Morgan fingerprint density at radius 2 is 1.69 bits per heavy atom. The second-order valence-corrected chi connectivity index (χ2v) is 6.86. The van der Waals surface area contributed by atoms with E-state index in [0.29, 0.717) is 6.42 Å². The van der Waals surface area contributed by atoms with Gasteiger partial charge in [0.25, 0.3) is 0 Å². The van der Waals surface area contributed by atoms with Gasteiger partial charge in [-0.1, -0.05) is 48.5 Å². The van der Waals surface area contributed by atoms with Crippen LogP contribution in [0.2, 0.25) is 0 Å². The molecule has 2 N–H and O–H groups in total. The molecule has 0 saturated carbocycles. The summed E-state index contributed by atoms with van der Waals surface area (Å²) in [6.45, 7) is 1.44. The topological polar surface area (TPSA) is 62.5 Å². The highest BCUT2D eigenvalue weighted by molar-refractivity contribution is 5.92. The van der Waals surface area contributed by atoms with Gasteiger partial charge >= 0.3 is 12.1 Å². The number of benzene rings is 2. The first-order valence-electron chi connectivity index (χ1n) is 9.00. The molecule has 0 saturated heterocycles. The molecule has 3 rings (SSSR count). The Bertz CT molecular complexity index is 1010. The van der Waals surface area contributed by atoms with Gasteiger partial charge in [-0.3, -0.25) is 0 Å². The number of nitrogens with zero attached hydrogens (tertiary/aromatic N) is 1. The normalized spacial score (nSPS) is 12.7. The second kappa shape index (κ2) is 8.13. The van der Waals surface area contributed by atoms with Gasteiger partial charge in [0.1, 0.15) is 0 Å². The SMILES string of the molecule is Cc1c(C(=O)O)cn(CC(O)Cc2ccccc2)c1-c1ccccc1C(F)(F)F. The highest BCUT2D eigenvalue weighted by Crippen LogP contribution is 2.39. The molecule has 1 unspecified atom stereocenters. The molecule has 0 bridgehead atoms. The van der Waals surface area contributed by atoms with Crippen LogP contribution in [0.1, 0.15) is 27.0 Å². The number of carboxylic acid groups (broad SMARTS) is 1. The summed E-state index contributed by atoms with van der Waals surface area (Å²) >= 11 is 0. The number of alkyl halides is 3. The molecular weight excluding hydrogens is 383 g/mol. The van der Waals surface area contributed by atoms with E-state index in [2.05, 4.69) is 0 Å². The van der Waals surface area contributed by atoms with Crippen LogP contribution >= 0.6 is 0 Å². The Morgan fingerprint density at radius 3 is 2.31 bits per heavy atom. The number of aliphatic hydroxyl groups excluding tert-OH is 1.